The molecule has 0 atom stereocenters. The summed E-state index contributed by atoms with van der Waals surface area (Å²) in [5.41, 5.74) is 7.05. The molecule has 0 saturated heterocycles. The predicted molar refractivity (Wildman–Crippen MR) is 136 cm³/mol. The Morgan fingerprint density at radius 1 is 0.636 bits per heavy atom. The van der Waals surface area contributed by atoms with Gasteiger partial charge in [-0.3, -0.25) is 0 Å². The molecule has 0 radical (unpaired) electrons. The minimum absolute atomic E-state index is 0.249. The molecular weight excluding hydrogens is 404 g/mol. The van der Waals surface area contributed by atoms with E-state index in [0.717, 1.165) is 29.0 Å². The van der Waals surface area contributed by atoms with Crippen LogP contribution in [-0.4, -0.2) is 7.11 Å². The lowest BCUT2D eigenvalue weighted by Gasteiger charge is -2.33. The molecule has 0 aliphatic carbocycles. The SMILES string of the molecule is COc1cccc(OCc2ccccc2)c1CC(C)(c1ccc(C)cc1)c1ccc(C)cc1. The number of aryl methyl sites for hydroxylation is 2. The molecule has 33 heavy (non-hydrogen) atoms. The van der Waals surface area contributed by atoms with Gasteiger partial charge in [0.05, 0.1) is 7.11 Å². The third-order valence-electron chi connectivity index (χ3n) is 6.45. The maximum atomic E-state index is 6.34. The molecule has 0 fully saturated rings. The Balaban J connectivity index is 1.76. The van der Waals surface area contributed by atoms with Gasteiger partial charge in [0.2, 0.25) is 0 Å². The highest BCUT2D eigenvalue weighted by Crippen LogP contribution is 2.41. The highest BCUT2D eigenvalue weighted by Gasteiger charge is 2.32. The van der Waals surface area contributed by atoms with Crippen molar-refractivity contribution >= 4 is 0 Å². The van der Waals surface area contributed by atoms with Crippen molar-refractivity contribution in [2.45, 2.75) is 39.2 Å². The maximum absolute atomic E-state index is 6.34. The normalized spacial score (nSPS) is 11.3. The molecule has 0 amide bonds. The van der Waals surface area contributed by atoms with Crippen LogP contribution in [0.15, 0.2) is 97.1 Å². The van der Waals surface area contributed by atoms with Crippen LogP contribution in [0.2, 0.25) is 0 Å². The third-order valence-corrected chi connectivity index (χ3v) is 6.45. The minimum atomic E-state index is -0.249. The van der Waals surface area contributed by atoms with Gasteiger partial charge in [-0.25, -0.2) is 0 Å². The van der Waals surface area contributed by atoms with E-state index >= 15 is 0 Å². The lowest BCUT2D eigenvalue weighted by Crippen LogP contribution is -2.27. The smallest absolute Gasteiger partial charge is 0.126 e. The van der Waals surface area contributed by atoms with E-state index in [9.17, 15) is 0 Å². The van der Waals surface area contributed by atoms with Crippen molar-refractivity contribution in [3.8, 4) is 11.5 Å². The first-order chi connectivity index (χ1) is 16.0. The van der Waals surface area contributed by atoms with Crippen LogP contribution in [0.25, 0.3) is 0 Å². The third kappa shape index (κ3) is 5.12. The first-order valence-electron chi connectivity index (χ1n) is 11.5. The molecular formula is C31H32O2. The second-order valence-corrected chi connectivity index (χ2v) is 8.95. The molecule has 0 aliphatic rings. The number of methoxy groups -OCH3 is 1. The molecule has 4 aromatic carbocycles. The van der Waals surface area contributed by atoms with Crippen LogP contribution in [0.1, 0.15) is 40.3 Å². The van der Waals surface area contributed by atoms with Crippen molar-refractivity contribution in [1.29, 1.82) is 0 Å². The first-order valence-corrected chi connectivity index (χ1v) is 11.5. The van der Waals surface area contributed by atoms with Gasteiger partial charge in [0, 0.05) is 11.0 Å². The van der Waals surface area contributed by atoms with Gasteiger partial charge in [0.15, 0.2) is 0 Å². The van der Waals surface area contributed by atoms with E-state index in [4.69, 9.17) is 9.47 Å². The van der Waals surface area contributed by atoms with Gasteiger partial charge in [-0.05, 0) is 49.1 Å². The molecule has 0 N–H and O–H groups in total. The van der Waals surface area contributed by atoms with E-state index in [1.165, 1.54) is 22.3 Å². The fourth-order valence-electron chi connectivity index (χ4n) is 4.35. The van der Waals surface area contributed by atoms with Crippen molar-refractivity contribution in [3.05, 3.63) is 130 Å². The summed E-state index contributed by atoms with van der Waals surface area (Å²) in [6, 6.07) is 34.1. The Labute approximate surface area is 197 Å². The zero-order valence-electron chi connectivity index (χ0n) is 20.0. The van der Waals surface area contributed by atoms with Gasteiger partial charge in [0.1, 0.15) is 18.1 Å². The zero-order chi connectivity index (χ0) is 23.3. The summed E-state index contributed by atoms with van der Waals surface area (Å²) in [6.07, 6.45) is 0.757. The van der Waals surface area contributed by atoms with Gasteiger partial charge in [0.25, 0.3) is 0 Å². The zero-order valence-corrected chi connectivity index (χ0v) is 20.0. The molecule has 4 aromatic rings. The minimum Gasteiger partial charge on any atom is -0.496 e. The van der Waals surface area contributed by atoms with Crippen molar-refractivity contribution in [1.82, 2.24) is 0 Å². The van der Waals surface area contributed by atoms with E-state index in [-0.39, 0.29) is 5.41 Å². The fraction of sp³-hybridized carbons (Fsp3) is 0.226. The summed E-state index contributed by atoms with van der Waals surface area (Å²) in [5, 5.41) is 0. The predicted octanol–water partition coefficient (Wildman–Crippen LogP) is 7.44. The molecule has 0 unspecified atom stereocenters. The molecule has 0 heterocycles. The van der Waals surface area contributed by atoms with Crippen molar-refractivity contribution in [3.63, 3.8) is 0 Å². The number of ether oxygens (including phenoxy) is 2. The van der Waals surface area contributed by atoms with Gasteiger partial charge >= 0.3 is 0 Å². The number of rotatable bonds is 8. The van der Waals surface area contributed by atoms with Gasteiger partial charge in [-0.2, -0.15) is 0 Å². The Bertz CT molecular complexity index is 1130. The number of hydrogen-bond acceptors (Lipinski definition) is 2. The van der Waals surface area contributed by atoms with Crippen LogP contribution in [0.3, 0.4) is 0 Å². The fourth-order valence-corrected chi connectivity index (χ4v) is 4.35. The van der Waals surface area contributed by atoms with E-state index in [1.54, 1.807) is 7.11 Å². The Hall–Kier alpha value is -3.52. The van der Waals surface area contributed by atoms with Crippen LogP contribution in [0.5, 0.6) is 11.5 Å². The summed E-state index contributed by atoms with van der Waals surface area (Å²) in [7, 11) is 1.73. The van der Waals surface area contributed by atoms with Crippen molar-refractivity contribution in [2.24, 2.45) is 0 Å². The molecule has 2 nitrogen and oxygen atoms in total. The average molecular weight is 437 g/mol. The maximum Gasteiger partial charge on any atom is 0.126 e. The van der Waals surface area contributed by atoms with E-state index in [1.807, 2.05) is 36.4 Å². The molecule has 4 rings (SSSR count). The lowest BCUT2D eigenvalue weighted by atomic mass is 9.71. The Kier molecular flexibility index (Phi) is 6.84. The standard InChI is InChI=1S/C31H32O2/c1-23-13-17-26(18-14-23)31(3,27-19-15-24(2)16-20-27)21-28-29(32-4)11-8-12-30(28)33-22-25-9-6-5-7-10-25/h5-20H,21-22H2,1-4H3. The van der Waals surface area contributed by atoms with E-state index in [0.29, 0.717) is 6.61 Å². The molecule has 0 saturated carbocycles. The summed E-state index contributed by atoms with van der Waals surface area (Å²) in [6.45, 7) is 7.09. The monoisotopic (exact) mass is 436 g/mol. The van der Waals surface area contributed by atoms with E-state index in [2.05, 4.69) is 81.4 Å². The molecule has 0 spiro atoms. The molecule has 0 aliphatic heterocycles. The Morgan fingerprint density at radius 2 is 1.18 bits per heavy atom. The van der Waals surface area contributed by atoms with Crippen molar-refractivity contribution < 1.29 is 9.47 Å². The lowest BCUT2D eigenvalue weighted by molar-refractivity contribution is 0.297. The summed E-state index contributed by atoms with van der Waals surface area (Å²) < 4.78 is 12.2. The summed E-state index contributed by atoms with van der Waals surface area (Å²) in [5.74, 6) is 1.72. The number of benzene rings is 4. The highest BCUT2D eigenvalue weighted by molar-refractivity contribution is 5.50. The Morgan fingerprint density at radius 3 is 1.73 bits per heavy atom. The van der Waals surface area contributed by atoms with Gasteiger partial charge in [-0.15, -0.1) is 0 Å². The second-order valence-electron chi connectivity index (χ2n) is 8.95. The van der Waals surface area contributed by atoms with Gasteiger partial charge in [-0.1, -0.05) is 103 Å². The molecule has 0 aromatic heterocycles. The second kappa shape index (κ2) is 9.95. The molecule has 0 bridgehead atoms. The topological polar surface area (TPSA) is 18.5 Å². The summed E-state index contributed by atoms with van der Waals surface area (Å²) in [4.78, 5) is 0. The highest BCUT2D eigenvalue weighted by atomic mass is 16.5. The first kappa shape index (κ1) is 22.7. The van der Waals surface area contributed by atoms with Crippen LogP contribution in [0.4, 0.5) is 0 Å². The largest absolute Gasteiger partial charge is 0.496 e. The van der Waals surface area contributed by atoms with Crippen molar-refractivity contribution in [2.75, 3.05) is 7.11 Å². The van der Waals surface area contributed by atoms with Crippen LogP contribution in [-0.2, 0) is 18.4 Å². The van der Waals surface area contributed by atoms with Crippen LogP contribution >= 0.6 is 0 Å². The number of hydrogen-bond donors (Lipinski definition) is 0. The molecule has 2 heteroatoms. The van der Waals surface area contributed by atoms with E-state index < -0.39 is 0 Å². The molecule has 168 valence electrons. The van der Waals surface area contributed by atoms with Gasteiger partial charge < -0.3 is 9.47 Å². The quantitative estimate of drug-likeness (QED) is 0.286. The van der Waals surface area contributed by atoms with Crippen LogP contribution < -0.4 is 9.47 Å². The van der Waals surface area contributed by atoms with Crippen LogP contribution in [0, 0.1) is 13.8 Å². The average Bonchev–Trinajstić information content (AvgIpc) is 2.84. The summed E-state index contributed by atoms with van der Waals surface area (Å²) >= 11 is 0.